The fourth-order valence-electron chi connectivity index (χ4n) is 2.69. The minimum absolute atomic E-state index is 0.127. The Labute approximate surface area is 104 Å². The molecule has 1 fully saturated rings. The van der Waals surface area contributed by atoms with Crippen molar-refractivity contribution in [1.82, 2.24) is 15.6 Å². The van der Waals surface area contributed by atoms with Crippen molar-refractivity contribution in [3.8, 4) is 0 Å². The van der Waals surface area contributed by atoms with Gasteiger partial charge < -0.3 is 0 Å². The standard InChI is InChI=1S/C14H23N3/c1-5-13(3)14(4,6-2)17-12(16-13)11-8-7-9-15-10-11/h7-10,12,16-17H,5-6H2,1-4H3/t13-,14-/m0/s1. The van der Waals surface area contributed by atoms with E-state index in [2.05, 4.69) is 49.4 Å². The first kappa shape index (κ1) is 12.5. The first-order valence-electron chi connectivity index (χ1n) is 6.50. The largest absolute Gasteiger partial charge is 0.291 e. The highest BCUT2D eigenvalue weighted by atomic mass is 15.3. The van der Waals surface area contributed by atoms with Crippen molar-refractivity contribution < 1.29 is 0 Å². The molecule has 1 aliphatic rings. The zero-order chi connectivity index (χ0) is 12.5. The molecule has 17 heavy (non-hydrogen) atoms. The second-order valence-electron chi connectivity index (χ2n) is 5.38. The Morgan fingerprint density at radius 1 is 1.18 bits per heavy atom. The van der Waals surface area contributed by atoms with Gasteiger partial charge >= 0.3 is 0 Å². The van der Waals surface area contributed by atoms with Crippen molar-refractivity contribution in [3.05, 3.63) is 30.1 Å². The van der Waals surface area contributed by atoms with Crippen LogP contribution >= 0.6 is 0 Å². The van der Waals surface area contributed by atoms with Gasteiger partial charge in [0.2, 0.25) is 0 Å². The summed E-state index contributed by atoms with van der Waals surface area (Å²) >= 11 is 0. The lowest BCUT2D eigenvalue weighted by molar-refractivity contribution is 0.232. The van der Waals surface area contributed by atoms with Crippen molar-refractivity contribution in [1.29, 1.82) is 0 Å². The second-order valence-corrected chi connectivity index (χ2v) is 5.38. The number of rotatable bonds is 3. The van der Waals surface area contributed by atoms with E-state index in [0.29, 0.717) is 0 Å². The maximum atomic E-state index is 4.20. The summed E-state index contributed by atoms with van der Waals surface area (Å²) in [5.41, 5.74) is 1.47. The Bertz CT molecular complexity index is 360. The van der Waals surface area contributed by atoms with Gasteiger partial charge in [-0.05, 0) is 32.8 Å². The van der Waals surface area contributed by atoms with Crippen LogP contribution in [0.4, 0.5) is 0 Å². The fraction of sp³-hybridized carbons (Fsp3) is 0.643. The average Bonchev–Trinajstić information content (AvgIpc) is 2.65. The van der Waals surface area contributed by atoms with E-state index in [-0.39, 0.29) is 17.2 Å². The van der Waals surface area contributed by atoms with Crippen LogP contribution in [-0.4, -0.2) is 16.1 Å². The topological polar surface area (TPSA) is 37.0 Å². The summed E-state index contributed by atoms with van der Waals surface area (Å²) in [7, 11) is 0. The molecule has 2 atom stereocenters. The van der Waals surface area contributed by atoms with Gasteiger partial charge in [-0.3, -0.25) is 15.6 Å². The highest BCUT2D eigenvalue weighted by molar-refractivity contribution is 5.21. The molecule has 0 spiro atoms. The Hall–Kier alpha value is -0.930. The SMILES string of the molecule is CC[C@]1(C)NC(c2cccnc2)N[C@@]1(C)CC. The molecule has 3 nitrogen and oxygen atoms in total. The van der Waals surface area contributed by atoms with Crippen LogP contribution in [0.1, 0.15) is 52.3 Å². The van der Waals surface area contributed by atoms with E-state index in [1.165, 1.54) is 5.56 Å². The molecule has 0 amide bonds. The van der Waals surface area contributed by atoms with Crippen LogP contribution in [0.15, 0.2) is 24.5 Å². The number of nitrogens with zero attached hydrogens (tertiary/aromatic N) is 1. The third kappa shape index (κ3) is 1.98. The number of aromatic nitrogens is 1. The van der Waals surface area contributed by atoms with E-state index in [0.717, 1.165) is 12.8 Å². The third-order valence-electron chi connectivity index (χ3n) is 4.58. The van der Waals surface area contributed by atoms with Crippen LogP contribution < -0.4 is 10.6 Å². The predicted molar refractivity (Wildman–Crippen MR) is 70.6 cm³/mol. The van der Waals surface area contributed by atoms with Gasteiger partial charge in [0.1, 0.15) is 0 Å². The van der Waals surface area contributed by atoms with Gasteiger partial charge in [0, 0.05) is 29.0 Å². The highest BCUT2D eigenvalue weighted by Crippen LogP contribution is 2.37. The lowest BCUT2D eigenvalue weighted by Crippen LogP contribution is -2.55. The zero-order valence-electron chi connectivity index (χ0n) is 11.2. The Balaban J connectivity index is 2.27. The second kappa shape index (κ2) is 4.39. The molecule has 3 heteroatoms. The van der Waals surface area contributed by atoms with E-state index in [4.69, 9.17) is 0 Å². The monoisotopic (exact) mass is 233 g/mol. The van der Waals surface area contributed by atoms with Crippen LogP contribution in [0.3, 0.4) is 0 Å². The fourth-order valence-corrected chi connectivity index (χ4v) is 2.69. The Morgan fingerprint density at radius 2 is 1.76 bits per heavy atom. The third-order valence-corrected chi connectivity index (χ3v) is 4.58. The molecule has 1 aliphatic heterocycles. The normalized spacial score (nSPS) is 34.1. The van der Waals surface area contributed by atoms with E-state index >= 15 is 0 Å². The van der Waals surface area contributed by atoms with E-state index in [9.17, 15) is 0 Å². The summed E-state index contributed by atoms with van der Waals surface area (Å²) in [6, 6.07) is 4.11. The van der Waals surface area contributed by atoms with Gasteiger partial charge in [-0.25, -0.2) is 0 Å². The van der Waals surface area contributed by atoms with Crippen molar-refractivity contribution in [2.75, 3.05) is 0 Å². The summed E-state index contributed by atoms with van der Waals surface area (Å²) < 4.78 is 0. The number of pyridine rings is 1. The molecule has 2 N–H and O–H groups in total. The molecule has 2 heterocycles. The zero-order valence-corrected chi connectivity index (χ0v) is 11.2. The molecular formula is C14H23N3. The average molecular weight is 233 g/mol. The van der Waals surface area contributed by atoms with Gasteiger partial charge in [-0.1, -0.05) is 19.9 Å². The van der Waals surface area contributed by atoms with E-state index < -0.39 is 0 Å². The molecule has 0 aliphatic carbocycles. The molecule has 0 radical (unpaired) electrons. The van der Waals surface area contributed by atoms with Crippen molar-refractivity contribution in [2.24, 2.45) is 0 Å². The summed E-state index contributed by atoms with van der Waals surface area (Å²) in [4.78, 5) is 4.20. The summed E-state index contributed by atoms with van der Waals surface area (Å²) in [6.45, 7) is 9.10. The number of nitrogens with one attached hydrogen (secondary N) is 2. The van der Waals surface area contributed by atoms with Crippen LogP contribution in [0.25, 0.3) is 0 Å². The van der Waals surface area contributed by atoms with Crippen molar-refractivity contribution in [3.63, 3.8) is 0 Å². The Morgan fingerprint density at radius 3 is 2.18 bits per heavy atom. The molecular weight excluding hydrogens is 210 g/mol. The molecule has 94 valence electrons. The van der Waals surface area contributed by atoms with Gasteiger partial charge in [-0.2, -0.15) is 0 Å². The molecule has 1 aromatic rings. The van der Waals surface area contributed by atoms with Gasteiger partial charge in [0.05, 0.1) is 6.17 Å². The van der Waals surface area contributed by atoms with Crippen LogP contribution in [0, 0.1) is 0 Å². The first-order valence-corrected chi connectivity index (χ1v) is 6.50. The lowest BCUT2D eigenvalue weighted by atomic mass is 9.77. The van der Waals surface area contributed by atoms with Crippen LogP contribution in [0.5, 0.6) is 0 Å². The molecule has 2 rings (SSSR count). The Kier molecular flexibility index (Phi) is 3.23. The number of hydrogen-bond acceptors (Lipinski definition) is 3. The molecule has 0 saturated carbocycles. The van der Waals surface area contributed by atoms with Crippen molar-refractivity contribution in [2.45, 2.75) is 57.8 Å². The maximum absolute atomic E-state index is 4.20. The highest BCUT2D eigenvalue weighted by Gasteiger charge is 2.49. The quantitative estimate of drug-likeness (QED) is 0.842. The summed E-state index contributed by atoms with van der Waals surface area (Å²) in [5, 5.41) is 7.45. The molecule has 1 saturated heterocycles. The first-order chi connectivity index (χ1) is 8.04. The van der Waals surface area contributed by atoms with Gasteiger partial charge in [0.15, 0.2) is 0 Å². The maximum Gasteiger partial charge on any atom is 0.0860 e. The minimum atomic E-state index is 0.127. The lowest BCUT2D eigenvalue weighted by Gasteiger charge is -2.39. The van der Waals surface area contributed by atoms with Gasteiger partial charge in [0.25, 0.3) is 0 Å². The molecule has 0 aromatic carbocycles. The summed E-state index contributed by atoms with van der Waals surface area (Å²) in [5.74, 6) is 0. The van der Waals surface area contributed by atoms with Crippen LogP contribution in [0.2, 0.25) is 0 Å². The number of hydrogen-bond donors (Lipinski definition) is 2. The van der Waals surface area contributed by atoms with Crippen LogP contribution in [-0.2, 0) is 0 Å². The van der Waals surface area contributed by atoms with E-state index in [1.54, 1.807) is 0 Å². The molecule has 0 unspecified atom stereocenters. The molecule has 0 bridgehead atoms. The summed E-state index contributed by atoms with van der Waals surface area (Å²) in [6.07, 6.45) is 6.18. The predicted octanol–water partition coefficient (Wildman–Crippen LogP) is 2.61. The minimum Gasteiger partial charge on any atom is -0.291 e. The van der Waals surface area contributed by atoms with Gasteiger partial charge in [-0.15, -0.1) is 0 Å². The van der Waals surface area contributed by atoms with E-state index in [1.807, 2.05) is 18.5 Å². The molecule has 1 aromatic heterocycles. The van der Waals surface area contributed by atoms with Crippen molar-refractivity contribution >= 4 is 0 Å². The smallest absolute Gasteiger partial charge is 0.0860 e.